The number of esters is 1. The Balaban J connectivity index is 1.77. The number of ether oxygens (including phenoxy) is 1. The maximum absolute atomic E-state index is 14.5. The quantitative estimate of drug-likeness (QED) is 0.159. The first kappa shape index (κ1) is 29.2. The summed E-state index contributed by atoms with van der Waals surface area (Å²) in [6.45, 7) is 8.67. The Morgan fingerprint density at radius 2 is 2.05 bits per heavy atom. The molecule has 208 valence electrons. The molecule has 0 radical (unpaired) electrons. The Hall–Kier alpha value is -1.84. The van der Waals surface area contributed by atoms with Crippen molar-refractivity contribution in [1.29, 1.82) is 0 Å². The molecule has 2 bridgehead atoms. The molecule has 2 amide bonds. The van der Waals surface area contributed by atoms with E-state index < -0.39 is 28.7 Å². The van der Waals surface area contributed by atoms with Crippen molar-refractivity contribution in [2.45, 2.75) is 72.9 Å². The molecule has 0 aliphatic carbocycles. The van der Waals surface area contributed by atoms with Gasteiger partial charge in [0.25, 0.3) is 0 Å². The van der Waals surface area contributed by atoms with Gasteiger partial charge >= 0.3 is 5.97 Å². The number of rotatable bonds is 13. The SMILES string of the molecule is C=CCN(CCCCC)C(=O)C1N([C@@H](CO)Cc2ccccc2)C(=O)[C@@H]2[C@@H](C(=O)OCC)[C@@H]3SC12CC3Br. The highest BCUT2D eigenvalue weighted by molar-refractivity contribution is 9.09. The maximum atomic E-state index is 14.5. The normalized spacial score (nSPS) is 30.3. The highest BCUT2D eigenvalue weighted by Crippen LogP contribution is 2.68. The van der Waals surface area contributed by atoms with Crippen LogP contribution >= 0.6 is 27.7 Å². The second-order valence-corrected chi connectivity index (χ2v) is 13.2. The van der Waals surface area contributed by atoms with Crippen LogP contribution in [0.15, 0.2) is 43.0 Å². The Morgan fingerprint density at radius 1 is 1.32 bits per heavy atom. The summed E-state index contributed by atoms with van der Waals surface area (Å²) >= 11 is 5.38. The zero-order valence-electron chi connectivity index (χ0n) is 22.3. The van der Waals surface area contributed by atoms with Gasteiger partial charge in [-0.25, -0.2) is 0 Å². The Labute approximate surface area is 238 Å². The lowest BCUT2D eigenvalue weighted by molar-refractivity contribution is -0.154. The Morgan fingerprint density at radius 3 is 2.68 bits per heavy atom. The summed E-state index contributed by atoms with van der Waals surface area (Å²) < 4.78 is 4.68. The Kier molecular flexibility index (Phi) is 9.63. The summed E-state index contributed by atoms with van der Waals surface area (Å²) in [5.41, 5.74) is 0.975. The molecule has 7 atom stereocenters. The lowest BCUT2D eigenvalue weighted by Crippen LogP contribution is -2.58. The minimum Gasteiger partial charge on any atom is -0.466 e. The van der Waals surface area contributed by atoms with Crippen LogP contribution in [0.1, 0.15) is 45.1 Å². The first-order valence-electron chi connectivity index (χ1n) is 13.7. The van der Waals surface area contributed by atoms with E-state index in [9.17, 15) is 19.5 Å². The Bertz CT molecular complexity index is 1030. The predicted octanol–water partition coefficient (Wildman–Crippen LogP) is 3.82. The average molecular weight is 608 g/mol. The smallest absolute Gasteiger partial charge is 0.310 e. The predicted molar refractivity (Wildman–Crippen MR) is 153 cm³/mol. The number of unbranched alkanes of at least 4 members (excludes halogenated alkanes) is 2. The molecule has 3 unspecified atom stereocenters. The number of hydrogen-bond donors (Lipinski definition) is 1. The molecular weight excluding hydrogens is 568 g/mol. The van der Waals surface area contributed by atoms with Crippen molar-refractivity contribution in [3.63, 3.8) is 0 Å². The number of fused-ring (bicyclic) bond motifs is 1. The van der Waals surface area contributed by atoms with Gasteiger partial charge < -0.3 is 19.6 Å². The van der Waals surface area contributed by atoms with Gasteiger partial charge in [-0.2, -0.15) is 0 Å². The summed E-state index contributed by atoms with van der Waals surface area (Å²) in [6.07, 6.45) is 5.64. The molecule has 3 heterocycles. The maximum Gasteiger partial charge on any atom is 0.310 e. The van der Waals surface area contributed by atoms with Gasteiger partial charge in [0.1, 0.15) is 6.04 Å². The number of amides is 2. The fourth-order valence-electron chi connectivity index (χ4n) is 6.56. The number of halogens is 1. The minimum absolute atomic E-state index is 0.0177. The van der Waals surface area contributed by atoms with E-state index >= 15 is 0 Å². The zero-order chi connectivity index (χ0) is 27.4. The molecule has 1 aromatic rings. The molecule has 3 saturated heterocycles. The van der Waals surface area contributed by atoms with Gasteiger partial charge in [0.05, 0.1) is 35.8 Å². The van der Waals surface area contributed by atoms with Gasteiger partial charge in [0.15, 0.2) is 0 Å². The number of carbonyl (C=O) groups excluding carboxylic acids is 3. The van der Waals surface area contributed by atoms with E-state index in [1.165, 1.54) is 0 Å². The highest BCUT2D eigenvalue weighted by Gasteiger charge is 2.76. The van der Waals surface area contributed by atoms with E-state index in [-0.39, 0.29) is 41.1 Å². The molecule has 3 fully saturated rings. The monoisotopic (exact) mass is 606 g/mol. The third-order valence-electron chi connectivity index (χ3n) is 8.13. The second-order valence-electron chi connectivity index (χ2n) is 10.5. The first-order chi connectivity index (χ1) is 18.3. The number of thioether (sulfide) groups is 1. The topological polar surface area (TPSA) is 87.2 Å². The summed E-state index contributed by atoms with van der Waals surface area (Å²) in [5, 5.41) is 10.4. The van der Waals surface area contributed by atoms with Crippen LogP contribution in [0.4, 0.5) is 0 Å². The van der Waals surface area contributed by atoms with E-state index in [4.69, 9.17) is 4.74 Å². The molecule has 9 heteroatoms. The summed E-state index contributed by atoms with van der Waals surface area (Å²) in [4.78, 5) is 45.4. The van der Waals surface area contributed by atoms with Crippen LogP contribution < -0.4 is 0 Å². The van der Waals surface area contributed by atoms with Crippen molar-refractivity contribution in [2.75, 3.05) is 26.3 Å². The zero-order valence-corrected chi connectivity index (χ0v) is 24.7. The number of aliphatic hydroxyl groups excluding tert-OH is 1. The van der Waals surface area contributed by atoms with E-state index in [0.29, 0.717) is 25.9 Å². The number of likely N-dealkylation sites (tertiary alicyclic amines) is 1. The number of nitrogens with zero attached hydrogens (tertiary/aromatic N) is 2. The van der Waals surface area contributed by atoms with Gasteiger partial charge in [-0.15, -0.1) is 18.3 Å². The van der Waals surface area contributed by atoms with Crippen LogP contribution in [-0.4, -0.2) is 85.9 Å². The molecule has 1 N–H and O–H groups in total. The molecule has 3 aliphatic heterocycles. The van der Waals surface area contributed by atoms with Crippen molar-refractivity contribution >= 4 is 45.5 Å². The lowest BCUT2D eigenvalue weighted by Gasteiger charge is -2.40. The van der Waals surface area contributed by atoms with Crippen molar-refractivity contribution in [2.24, 2.45) is 11.8 Å². The van der Waals surface area contributed by atoms with Gasteiger partial charge in [-0.3, -0.25) is 14.4 Å². The van der Waals surface area contributed by atoms with E-state index in [0.717, 1.165) is 24.8 Å². The van der Waals surface area contributed by atoms with Crippen LogP contribution in [0.2, 0.25) is 0 Å². The molecule has 0 aromatic heterocycles. The molecule has 0 saturated carbocycles. The molecular formula is C29H39BrN2O5S. The van der Waals surface area contributed by atoms with Gasteiger partial charge in [0, 0.05) is 23.2 Å². The standard InChI is InChI=1S/C29H39BrN2O5S/c1-4-7-11-15-31(14-5-2)27(35)25-29-17-21(30)24(38-29)22(28(36)37-6-3)23(29)26(34)32(25)20(18-33)16-19-12-9-8-10-13-19/h5,8-10,12-13,20-25,33H,2,4,6-7,11,14-18H2,1,3H3/t20-,21?,22-,23+,24-,25?,29?/m1/s1. The molecule has 38 heavy (non-hydrogen) atoms. The number of benzene rings is 1. The van der Waals surface area contributed by atoms with Crippen LogP contribution in [0, 0.1) is 11.8 Å². The van der Waals surface area contributed by atoms with Gasteiger partial charge in [0.2, 0.25) is 11.8 Å². The molecule has 7 nitrogen and oxygen atoms in total. The van der Waals surface area contributed by atoms with Crippen LogP contribution in [-0.2, 0) is 25.5 Å². The second kappa shape index (κ2) is 12.6. The van der Waals surface area contributed by atoms with Crippen LogP contribution in [0.25, 0.3) is 0 Å². The summed E-state index contributed by atoms with van der Waals surface area (Å²) in [5.74, 6) is -2.02. The third-order valence-corrected chi connectivity index (χ3v) is 11.4. The van der Waals surface area contributed by atoms with Crippen molar-refractivity contribution < 1.29 is 24.2 Å². The van der Waals surface area contributed by atoms with Crippen LogP contribution in [0.3, 0.4) is 0 Å². The van der Waals surface area contributed by atoms with Crippen molar-refractivity contribution in [1.82, 2.24) is 9.80 Å². The molecule has 1 aromatic carbocycles. The third kappa shape index (κ3) is 5.18. The molecule has 4 rings (SSSR count). The van der Waals surface area contributed by atoms with Crippen molar-refractivity contribution in [3.8, 4) is 0 Å². The average Bonchev–Trinajstić information content (AvgIpc) is 3.50. The molecule has 1 spiro atoms. The fraction of sp³-hybridized carbons (Fsp3) is 0.621. The largest absolute Gasteiger partial charge is 0.466 e. The highest BCUT2D eigenvalue weighted by atomic mass is 79.9. The van der Waals surface area contributed by atoms with Gasteiger partial charge in [-0.1, -0.05) is 72.1 Å². The first-order valence-corrected chi connectivity index (χ1v) is 15.5. The summed E-state index contributed by atoms with van der Waals surface area (Å²) in [6, 6.07) is 8.33. The molecule has 3 aliphatic rings. The number of aliphatic hydroxyl groups is 1. The van der Waals surface area contributed by atoms with Gasteiger partial charge in [-0.05, 0) is 31.7 Å². The number of alkyl halides is 1. The van der Waals surface area contributed by atoms with Crippen molar-refractivity contribution in [3.05, 3.63) is 48.6 Å². The number of carbonyl (C=O) groups is 3. The van der Waals surface area contributed by atoms with Crippen LogP contribution in [0.5, 0.6) is 0 Å². The number of hydrogen-bond acceptors (Lipinski definition) is 6. The van der Waals surface area contributed by atoms with E-state index in [1.807, 2.05) is 30.3 Å². The summed E-state index contributed by atoms with van der Waals surface area (Å²) in [7, 11) is 0. The van der Waals surface area contributed by atoms with E-state index in [1.54, 1.807) is 34.6 Å². The fourth-order valence-corrected chi connectivity index (χ4v) is 10.1. The van der Waals surface area contributed by atoms with E-state index in [2.05, 4.69) is 29.4 Å². The lowest BCUT2D eigenvalue weighted by atomic mass is 9.71. The minimum atomic E-state index is -0.781.